The van der Waals surface area contributed by atoms with E-state index in [1.54, 1.807) is 12.4 Å². The number of likely N-dealkylation sites (tertiary alicyclic amines) is 1. The Balaban J connectivity index is 1.31. The number of carbonyl (C=O) groups excluding carboxylic acids is 1. The number of aromatic nitrogens is 2. The van der Waals surface area contributed by atoms with Crippen LogP contribution in [0.25, 0.3) is 0 Å². The molecular weight excluding hydrogens is 294 g/mol. The lowest BCUT2D eigenvalue weighted by Crippen LogP contribution is -2.46. The largest absolute Gasteiger partial charge is 0.378 e. The molecule has 3 fully saturated rings. The summed E-state index contributed by atoms with van der Waals surface area (Å²) in [6, 6.07) is 0.171. The minimum Gasteiger partial charge on any atom is -0.378 e. The van der Waals surface area contributed by atoms with Gasteiger partial charge in [0.05, 0.1) is 31.1 Å². The normalized spacial score (nSPS) is 30.3. The molecule has 124 valence electrons. The Hall–Kier alpha value is -1.53. The number of hydrogen-bond donors (Lipinski definition) is 0. The summed E-state index contributed by atoms with van der Waals surface area (Å²) in [4.78, 5) is 22.6. The minimum absolute atomic E-state index is 0.0300. The van der Waals surface area contributed by atoms with E-state index in [0.29, 0.717) is 12.3 Å². The molecule has 0 unspecified atom stereocenters. The van der Waals surface area contributed by atoms with E-state index < -0.39 is 0 Å². The van der Waals surface area contributed by atoms with Gasteiger partial charge in [0, 0.05) is 25.5 Å². The maximum absolute atomic E-state index is 12.6. The van der Waals surface area contributed by atoms with Crippen LogP contribution in [0.3, 0.4) is 0 Å². The molecule has 0 bridgehead atoms. The molecule has 1 amide bonds. The molecule has 2 saturated heterocycles. The third-order valence-electron chi connectivity index (χ3n) is 5.03. The number of hydrogen-bond acceptors (Lipinski definition) is 5. The summed E-state index contributed by atoms with van der Waals surface area (Å²) < 4.78 is 11.9. The Labute approximate surface area is 136 Å². The van der Waals surface area contributed by atoms with Crippen LogP contribution in [0.1, 0.15) is 42.6 Å². The number of amides is 1. The van der Waals surface area contributed by atoms with Crippen LogP contribution in [0, 0.1) is 5.92 Å². The average Bonchev–Trinajstić information content (AvgIpc) is 3.32. The fourth-order valence-electron chi connectivity index (χ4n) is 3.58. The fraction of sp³-hybridized carbons (Fsp3) is 0.706. The van der Waals surface area contributed by atoms with Crippen molar-refractivity contribution in [3.05, 3.63) is 24.3 Å². The summed E-state index contributed by atoms with van der Waals surface area (Å²) >= 11 is 0. The highest BCUT2D eigenvalue weighted by Crippen LogP contribution is 2.33. The molecule has 1 aliphatic carbocycles. The Kier molecular flexibility index (Phi) is 4.27. The summed E-state index contributed by atoms with van der Waals surface area (Å²) in [6.45, 7) is 2.31. The van der Waals surface area contributed by atoms with Crippen LogP contribution in [0.5, 0.6) is 0 Å². The zero-order valence-electron chi connectivity index (χ0n) is 13.3. The predicted molar refractivity (Wildman–Crippen MR) is 82.9 cm³/mol. The molecule has 1 aromatic heterocycles. The standard InChI is InChI=1S/C17H23N3O3/c21-17(14-9-18-6-7-19-14)20-8-5-16-15(20)4-3-13(23-16)11-22-10-12-1-2-12/h6-7,9,12-13,15-16H,1-5,8,10-11H2/t13-,15-,16-/m0/s1. The Morgan fingerprint density at radius 1 is 1.22 bits per heavy atom. The zero-order chi connectivity index (χ0) is 15.6. The number of nitrogens with zero attached hydrogens (tertiary/aromatic N) is 3. The van der Waals surface area contributed by atoms with E-state index in [1.807, 2.05) is 4.90 Å². The summed E-state index contributed by atoms with van der Waals surface area (Å²) in [6.07, 6.45) is 10.5. The summed E-state index contributed by atoms with van der Waals surface area (Å²) in [5, 5.41) is 0. The van der Waals surface area contributed by atoms with Crippen molar-refractivity contribution in [2.75, 3.05) is 19.8 Å². The molecule has 4 rings (SSSR count). The van der Waals surface area contributed by atoms with E-state index in [9.17, 15) is 4.79 Å². The zero-order valence-corrected chi connectivity index (χ0v) is 13.3. The van der Waals surface area contributed by atoms with E-state index in [0.717, 1.165) is 38.3 Å². The lowest BCUT2D eigenvalue weighted by molar-refractivity contribution is -0.0973. The van der Waals surface area contributed by atoms with Gasteiger partial charge in [-0.05, 0) is 38.0 Å². The Bertz CT molecular complexity index is 549. The molecule has 0 spiro atoms. The summed E-state index contributed by atoms with van der Waals surface area (Å²) in [5.41, 5.74) is 0.419. The lowest BCUT2D eigenvalue weighted by Gasteiger charge is -2.35. The van der Waals surface area contributed by atoms with E-state index >= 15 is 0 Å². The SMILES string of the molecule is O=C(c1cnccn1)N1CC[C@@H]2O[C@H](COCC3CC3)CC[C@@H]21. The Morgan fingerprint density at radius 3 is 2.91 bits per heavy atom. The van der Waals surface area contributed by atoms with Gasteiger partial charge in [0.15, 0.2) is 0 Å². The fourth-order valence-corrected chi connectivity index (χ4v) is 3.58. The van der Waals surface area contributed by atoms with Crippen LogP contribution in [-0.2, 0) is 9.47 Å². The number of ether oxygens (including phenoxy) is 2. The van der Waals surface area contributed by atoms with Crippen LogP contribution >= 0.6 is 0 Å². The van der Waals surface area contributed by atoms with Gasteiger partial charge in [0.2, 0.25) is 0 Å². The molecule has 0 radical (unpaired) electrons. The van der Waals surface area contributed by atoms with Gasteiger partial charge in [-0.25, -0.2) is 4.98 Å². The molecule has 0 N–H and O–H groups in total. The predicted octanol–water partition coefficient (Wildman–Crippen LogP) is 1.67. The molecule has 6 nitrogen and oxygen atoms in total. The van der Waals surface area contributed by atoms with Gasteiger partial charge < -0.3 is 14.4 Å². The van der Waals surface area contributed by atoms with Crippen molar-refractivity contribution in [2.24, 2.45) is 5.92 Å². The lowest BCUT2D eigenvalue weighted by atomic mass is 9.99. The topological polar surface area (TPSA) is 64.6 Å². The Morgan fingerprint density at radius 2 is 2.13 bits per heavy atom. The highest BCUT2D eigenvalue weighted by atomic mass is 16.5. The number of rotatable bonds is 5. The quantitative estimate of drug-likeness (QED) is 0.826. The highest BCUT2D eigenvalue weighted by Gasteiger charge is 2.42. The van der Waals surface area contributed by atoms with Crippen LogP contribution in [-0.4, -0.2) is 58.8 Å². The van der Waals surface area contributed by atoms with E-state index in [-0.39, 0.29) is 24.2 Å². The van der Waals surface area contributed by atoms with Gasteiger partial charge in [-0.3, -0.25) is 9.78 Å². The van der Waals surface area contributed by atoms with E-state index in [1.165, 1.54) is 19.0 Å². The first-order valence-corrected chi connectivity index (χ1v) is 8.61. The van der Waals surface area contributed by atoms with Gasteiger partial charge in [-0.15, -0.1) is 0 Å². The second-order valence-corrected chi connectivity index (χ2v) is 6.80. The van der Waals surface area contributed by atoms with Crippen molar-refractivity contribution in [1.82, 2.24) is 14.9 Å². The molecule has 1 aromatic rings. The van der Waals surface area contributed by atoms with E-state index in [2.05, 4.69) is 9.97 Å². The third kappa shape index (κ3) is 3.38. The molecule has 3 heterocycles. The van der Waals surface area contributed by atoms with Crippen molar-refractivity contribution in [1.29, 1.82) is 0 Å². The second-order valence-electron chi connectivity index (χ2n) is 6.80. The van der Waals surface area contributed by atoms with Crippen molar-refractivity contribution in [3.8, 4) is 0 Å². The van der Waals surface area contributed by atoms with Crippen molar-refractivity contribution >= 4 is 5.91 Å². The van der Waals surface area contributed by atoms with Crippen LogP contribution in [0.4, 0.5) is 0 Å². The summed E-state index contributed by atoms with van der Waals surface area (Å²) in [7, 11) is 0. The van der Waals surface area contributed by atoms with Crippen molar-refractivity contribution in [2.45, 2.75) is 50.4 Å². The molecule has 3 atom stereocenters. The molecule has 23 heavy (non-hydrogen) atoms. The van der Waals surface area contributed by atoms with Crippen molar-refractivity contribution in [3.63, 3.8) is 0 Å². The van der Waals surface area contributed by atoms with Crippen LogP contribution < -0.4 is 0 Å². The molecule has 6 heteroatoms. The molecule has 0 aromatic carbocycles. The first kappa shape index (κ1) is 15.0. The highest BCUT2D eigenvalue weighted by molar-refractivity contribution is 5.92. The van der Waals surface area contributed by atoms with E-state index in [4.69, 9.17) is 9.47 Å². The number of carbonyl (C=O) groups is 1. The van der Waals surface area contributed by atoms with Crippen LogP contribution in [0.2, 0.25) is 0 Å². The monoisotopic (exact) mass is 317 g/mol. The smallest absolute Gasteiger partial charge is 0.274 e. The maximum atomic E-state index is 12.6. The third-order valence-corrected chi connectivity index (χ3v) is 5.03. The average molecular weight is 317 g/mol. The van der Waals surface area contributed by atoms with Gasteiger partial charge in [0.25, 0.3) is 5.91 Å². The maximum Gasteiger partial charge on any atom is 0.274 e. The molecule has 3 aliphatic rings. The van der Waals surface area contributed by atoms with Gasteiger partial charge in [-0.2, -0.15) is 0 Å². The van der Waals surface area contributed by atoms with Gasteiger partial charge >= 0.3 is 0 Å². The summed E-state index contributed by atoms with van der Waals surface area (Å²) in [5.74, 6) is 0.760. The van der Waals surface area contributed by atoms with Gasteiger partial charge in [0.1, 0.15) is 5.69 Å². The number of fused-ring (bicyclic) bond motifs is 1. The molecular formula is C17H23N3O3. The molecule has 1 saturated carbocycles. The first-order valence-electron chi connectivity index (χ1n) is 8.61. The van der Waals surface area contributed by atoms with Crippen molar-refractivity contribution < 1.29 is 14.3 Å². The molecule has 2 aliphatic heterocycles. The van der Waals surface area contributed by atoms with Crippen LogP contribution in [0.15, 0.2) is 18.6 Å². The second kappa shape index (κ2) is 6.53. The minimum atomic E-state index is -0.0300. The van der Waals surface area contributed by atoms with Gasteiger partial charge in [-0.1, -0.05) is 0 Å². The first-order chi connectivity index (χ1) is 11.3.